The third kappa shape index (κ3) is 3.92. The molecule has 1 aromatic carbocycles. The lowest BCUT2D eigenvalue weighted by atomic mass is 10.00. The molecule has 0 saturated carbocycles. The van der Waals surface area contributed by atoms with E-state index in [-0.39, 0.29) is 23.4 Å². The topological polar surface area (TPSA) is 46.4 Å². The largest absolute Gasteiger partial charge is 0.324 e. The van der Waals surface area contributed by atoms with Gasteiger partial charge in [0.05, 0.1) is 10.0 Å². The van der Waals surface area contributed by atoms with E-state index in [0.717, 1.165) is 5.56 Å². The molecule has 7 heteroatoms. The Morgan fingerprint density at radius 2 is 1.89 bits per heavy atom. The Balaban J connectivity index is 0.00000289. The highest BCUT2D eigenvalue weighted by Crippen LogP contribution is 2.32. The Morgan fingerprint density at radius 3 is 2.28 bits per heavy atom. The lowest BCUT2D eigenvalue weighted by Gasteiger charge is -2.34. The number of nitrogens with zero attached hydrogens (tertiary/aromatic N) is 2. The Hall–Kier alpha value is -0.680. The molecular formula is C11H14Cl3N2O2-. The van der Waals surface area contributed by atoms with E-state index in [1.54, 1.807) is 37.2 Å². The average molecular weight is 313 g/mol. The minimum Gasteiger partial charge on any atom is -0.324 e. The number of rotatable bonds is 4. The van der Waals surface area contributed by atoms with Crippen molar-refractivity contribution >= 4 is 35.6 Å². The molecule has 0 fully saturated rings. The number of nitro groups is 1. The van der Waals surface area contributed by atoms with Crippen LogP contribution >= 0.6 is 35.6 Å². The van der Waals surface area contributed by atoms with Gasteiger partial charge in [-0.1, -0.05) is 34.8 Å². The molecule has 0 aromatic heterocycles. The highest BCUT2D eigenvalue weighted by molar-refractivity contribution is 6.42. The number of benzene rings is 1. The second-order valence-corrected chi connectivity index (χ2v) is 4.75. The smallest absolute Gasteiger partial charge is 0.0594 e. The van der Waals surface area contributed by atoms with Crippen molar-refractivity contribution in [3.63, 3.8) is 0 Å². The van der Waals surface area contributed by atoms with E-state index in [4.69, 9.17) is 23.2 Å². The van der Waals surface area contributed by atoms with E-state index in [9.17, 15) is 10.1 Å². The average Bonchev–Trinajstić information content (AvgIpc) is 2.22. The summed E-state index contributed by atoms with van der Waals surface area (Å²) in [5.41, 5.74) is 0.749. The fourth-order valence-electron chi connectivity index (χ4n) is 1.70. The fourth-order valence-corrected chi connectivity index (χ4v) is 2.00. The summed E-state index contributed by atoms with van der Waals surface area (Å²) >= 11 is 11.7. The second-order valence-electron chi connectivity index (χ2n) is 3.94. The van der Waals surface area contributed by atoms with Crippen molar-refractivity contribution < 1.29 is 4.92 Å². The van der Waals surface area contributed by atoms with Gasteiger partial charge < -0.3 is 4.90 Å². The van der Waals surface area contributed by atoms with Crippen LogP contribution < -0.4 is 0 Å². The third-order valence-electron chi connectivity index (χ3n) is 2.46. The standard InChI is InChI=1S/C11H13Cl2N2O2.ClH/c1-7(15(16)17)11(14(2)3)8-4-5-9(12)10(13)6-8;/h4-6,11H,1-3H3;1H/q-1;. The van der Waals surface area contributed by atoms with Crippen molar-refractivity contribution in [2.75, 3.05) is 14.1 Å². The van der Waals surface area contributed by atoms with Crippen LogP contribution in [0.15, 0.2) is 18.2 Å². The molecule has 0 aliphatic carbocycles. The molecule has 1 unspecified atom stereocenters. The fraction of sp³-hybridized carbons (Fsp3) is 0.364. The molecule has 0 N–H and O–H groups in total. The Morgan fingerprint density at radius 1 is 1.33 bits per heavy atom. The minimum absolute atomic E-state index is 0. The van der Waals surface area contributed by atoms with Gasteiger partial charge in [-0.25, -0.2) is 0 Å². The highest BCUT2D eigenvalue weighted by Gasteiger charge is 2.19. The van der Waals surface area contributed by atoms with Crippen molar-refractivity contribution in [1.29, 1.82) is 0 Å². The van der Waals surface area contributed by atoms with Crippen molar-refractivity contribution in [2.45, 2.75) is 13.0 Å². The molecule has 0 bridgehead atoms. The van der Waals surface area contributed by atoms with Crippen molar-refractivity contribution in [2.24, 2.45) is 0 Å². The molecule has 1 aromatic rings. The first-order valence-corrected chi connectivity index (χ1v) is 5.69. The van der Waals surface area contributed by atoms with Gasteiger partial charge in [-0.05, 0) is 38.3 Å². The summed E-state index contributed by atoms with van der Waals surface area (Å²) in [4.78, 5) is 12.2. The van der Waals surface area contributed by atoms with Crippen LogP contribution in [-0.4, -0.2) is 23.9 Å². The minimum atomic E-state index is -0.417. The monoisotopic (exact) mass is 311 g/mol. The summed E-state index contributed by atoms with van der Waals surface area (Å²) in [6.07, 6.45) is 0. The molecule has 0 aliphatic rings. The second kappa shape index (κ2) is 7.04. The quantitative estimate of drug-likeness (QED) is 0.482. The zero-order valence-corrected chi connectivity index (χ0v) is 12.5. The Kier molecular flexibility index (Phi) is 6.78. The molecule has 0 aliphatic heterocycles. The predicted molar refractivity (Wildman–Crippen MR) is 76.0 cm³/mol. The predicted octanol–water partition coefficient (Wildman–Crippen LogP) is 3.85. The molecule has 0 saturated heterocycles. The van der Waals surface area contributed by atoms with E-state index in [1.165, 1.54) is 6.92 Å². The van der Waals surface area contributed by atoms with Crippen LogP contribution in [0.2, 0.25) is 10.0 Å². The SMILES string of the molecule is C[C-](C(c1ccc(Cl)c(Cl)c1)N(C)C)[N+](=O)[O-].Cl. The van der Waals surface area contributed by atoms with Crippen LogP contribution in [0.1, 0.15) is 18.5 Å². The molecule has 102 valence electrons. The first kappa shape index (κ1) is 17.3. The highest BCUT2D eigenvalue weighted by atomic mass is 35.5. The summed E-state index contributed by atoms with van der Waals surface area (Å²) < 4.78 is 0. The van der Waals surface area contributed by atoms with Gasteiger partial charge in [-0.2, -0.15) is 0 Å². The van der Waals surface area contributed by atoms with Gasteiger partial charge in [-0.3, -0.25) is 10.1 Å². The lowest BCUT2D eigenvalue weighted by molar-refractivity contribution is -0.472. The summed E-state index contributed by atoms with van der Waals surface area (Å²) in [5, 5.41) is 11.7. The first-order chi connectivity index (χ1) is 7.84. The zero-order valence-electron chi connectivity index (χ0n) is 10.2. The van der Waals surface area contributed by atoms with Gasteiger partial charge in [0.25, 0.3) is 0 Å². The van der Waals surface area contributed by atoms with E-state index in [1.807, 2.05) is 0 Å². The van der Waals surface area contributed by atoms with Crippen molar-refractivity contribution in [1.82, 2.24) is 4.90 Å². The molecule has 0 amide bonds. The number of hydrogen-bond donors (Lipinski definition) is 0. The van der Waals surface area contributed by atoms with Gasteiger partial charge >= 0.3 is 0 Å². The van der Waals surface area contributed by atoms with Gasteiger partial charge in [0.1, 0.15) is 0 Å². The van der Waals surface area contributed by atoms with E-state index in [2.05, 4.69) is 0 Å². The molecule has 1 atom stereocenters. The molecular weight excluding hydrogens is 298 g/mol. The molecule has 4 nitrogen and oxygen atoms in total. The maximum Gasteiger partial charge on any atom is 0.0594 e. The van der Waals surface area contributed by atoms with Crippen LogP contribution in [0.4, 0.5) is 0 Å². The third-order valence-corrected chi connectivity index (χ3v) is 3.20. The van der Waals surface area contributed by atoms with Crippen molar-refractivity contribution in [3.8, 4) is 0 Å². The maximum absolute atomic E-state index is 10.9. The normalized spacial score (nSPS) is 11.9. The zero-order chi connectivity index (χ0) is 13.2. The van der Waals surface area contributed by atoms with E-state index >= 15 is 0 Å². The summed E-state index contributed by atoms with van der Waals surface area (Å²) in [5.74, 6) is 0. The molecule has 0 radical (unpaired) electrons. The number of likely N-dealkylation sites (N-methyl/N-ethyl adjacent to an activating group) is 1. The number of halogens is 3. The molecule has 18 heavy (non-hydrogen) atoms. The van der Waals surface area contributed by atoms with Gasteiger partial charge in [0.15, 0.2) is 0 Å². The first-order valence-electron chi connectivity index (χ1n) is 4.93. The van der Waals surface area contributed by atoms with Gasteiger partial charge in [-0.15, -0.1) is 24.3 Å². The summed E-state index contributed by atoms with van der Waals surface area (Å²) in [6, 6.07) is 4.77. The Labute approximate surface area is 122 Å². The molecule has 0 spiro atoms. The molecule has 1 rings (SSSR count). The van der Waals surface area contributed by atoms with E-state index in [0.29, 0.717) is 10.0 Å². The maximum atomic E-state index is 10.9. The van der Waals surface area contributed by atoms with Crippen molar-refractivity contribution in [3.05, 3.63) is 50.0 Å². The van der Waals surface area contributed by atoms with Crippen LogP contribution in [0.5, 0.6) is 0 Å². The molecule has 0 heterocycles. The van der Waals surface area contributed by atoms with Crippen LogP contribution in [-0.2, 0) is 0 Å². The Bertz CT molecular complexity index is 427. The lowest BCUT2D eigenvalue weighted by Crippen LogP contribution is -2.28. The number of hydrogen-bond acceptors (Lipinski definition) is 3. The summed E-state index contributed by atoms with van der Waals surface area (Å²) in [6.45, 7) is 1.49. The van der Waals surface area contributed by atoms with E-state index < -0.39 is 6.04 Å². The van der Waals surface area contributed by atoms with Crippen LogP contribution in [0.3, 0.4) is 0 Å². The van der Waals surface area contributed by atoms with Gasteiger partial charge in [0, 0.05) is 0 Å². The summed E-state index contributed by atoms with van der Waals surface area (Å²) in [7, 11) is 3.56. The van der Waals surface area contributed by atoms with Gasteiger partial charge in [0.2, 0.25) is 0 Å². The van der Waals surface area contributed by atoms with Crippen LogP contribution in [0, 0.1) is 16.2 Å². The van der Waals surface area contributed by atoms with Crippen LogP contribution in [0.25, 0.3) is 0 Å².